The minimum Gasteiger partial charge on any atom is -0.494 e. The van der Waals surface area contributed by atoms with Gasteiger partial charge in [-0.1, -0.05) is 11.6 Å². The highest BCUT2D eigenvalue weighted by Crippen LogP contribution is 2.21. The summed E-state index contributed by atoms with van der Waals surface area (Å²) in [5.41, 5.74) is 0.531. The molecule has 0 saturated heterocycles. The zero-order valence-corrected chi connectivity index (χ0v) is 10.7. The van der Waals surface area contributed by atoms with E-state index >= 15 is 0 Å². The van der Waals surface area contributed by atoms with Crippen LogP contribution >= 0.6 is 11.6 Å². The van der Waals surface area contributed by atoms with E-state index in [2.05, 4.69) is 10.3 Å². The lowest BCUT2D eigenvalue weighted by Crippen LogP contribution is -2.12. The number of pyridine rings is 1. The molecular weight excluding hydrogens is 271 g/mol. The summed E-state index contributed by atoms with van der Waals surface area (Å²) in [6.07, 6.45) is 2.92. The summed E-state index contributed by atoms with van der Waals surface area (Å²) < 4.78 is 18.3. The summed E-state index contributed by atoms with van der Waals surface area (Å²) in [5.74, 6) is -1.00. The smallest absolute Gasteiger partial charge is 0.255 e. The normalized spacial score (nSPS) is 10.1. The van der Waals surface area contributed by atoms with E-state index < -0.39 is 11.7 Å². The van der Waals surface area contributed by atoms with Gasteiger partial charge in [0.1, 0.15) is 0 Å². The Hall–Kier alpha value is -2.14. The standard InChI is InChI=1S/C13H10ClFN2O2/c1-19-12-3-2-8(6-10(12)15)13(18)17-11-7-16-5-4-9(11)14/h2-7H,1H3,(H,17,18). The number of hydrogen-bond acceptors (Lipinski definition) is 3. The van der Waals surface area contributed by atoms with Crippen molar-refractivity contribution in [1.82, 2.24) is 4.98 Å². The van der Waals surface area contributed by atoms with E-state index in [-0.39, 0.29) is 11.3 Å². The molecule has 0 aliphatic heterocycles. The largest absolute Gasteiger partial charge is 0.494 e. The quantitative estimate of drug-likeness (QED) is 0.940. The number of carbonyl (C=O) groups excluding carboxylic acids is 1. The second-order valence-electron chi connectivity index (χ2n) is 3.66. The average Bonchev–Trinajstić information content (AvgIpc) is 2.41. The van der Waals surface area contributed by atoms with Gasteiger partial charge in [0, 0.05) is 11.8 Å². The van der Waals surface area contributed by atoms with Crippen molar-refractivity contribution in [2.75, 3.05) is 12.4 Å². The van der Waals surface area contributed by atoms with Crippen molar-refractivity contribution in [2.24, 2.45) is 0 Å². The van der Waals surface area contributed by atoms with E-state index in [1.165, 1.54) is 31.6 Å². The summed E-state index contributed by atoms with van der Waals surface area (Å²) in [5, 5.41) is 2.91. The minimum absolute atomic E-state index is 0.0796. The van der Waals surface area contributed by atoms with Crippen LogP contribution in [0.1, 0.15) is 10.4 Å². The molecule has 0 aliphatic rings. The fourth-order valence-corrected chi connectivity index (χ4v) is 1.62. The number of nitrogens with zero attached hydrogens (tertiary/aromatic N) is 1. The van der Waals surface area contributed by atoms with Gasteiger partial charge in [0.25, 0.3) is 5.91 Å². The van der Waals surface area contributed by atoms with E-state index in [0.717, 1.165) is 6.07 Å². The molecule has 1 amide bonds. The molecule has 1 heterocycles. The molecule has 1 N–H and O–H groups in total. The Balaban J connectivity index is 2.21. The summed E-state index contributed by atoms with van der Waals surface area (Å²) in [4.78, 5) is 15.8. The predicted molar refractivity (Wildman–Crippen MR) is 70.2 cm³/mol. The number of halogens is 2. The number of anilines is 1. The third-order valence-corrected chi connectivity index (χ3v) is 2.76. The highest BCUT2D eigenvalue weighted by atomic mass is 35.5. The van der Waals surface area contributed by atoms with Crippen LogP contribution in [-0.4, -0.2) is 18.0 Å². The zero-order chi connectivity index (χ0) is 13.8. The van der Waals surface area contributed by atoms with E-state index in [0.29, 0.717) is 10.7 Å². The maximum absolute atomic E-state index is 13.5. The molecule has 0 bridgehead atoms. The summed E-state index contributed by atoms with van der Waals surface area (Å²) in [7, 11) is 1.35. The highest BCUT2D eigenvalue weighted by molar-refractivity contribution is 6.33. The van der Waals surface area contributed by atoms with Crippen molar-refractivity contribution in [2.45, 2.75) is 0 Å². The van der Waals surface area contributed by atoms with Crippen LogP contribution in [0.25, 0.3) is 0 Å². The molecule has 6 heteroatoms. The van der Waals surface area contributed by atoms with E-state index in [4.69, 9.17) is 16.3 Å². The van der Waals surface area contributed by atoms with Crippen molar-refractivity contribution >= 4 is 23.2 Å². The second kappa shape index (κ2) is 5.67. The van der Waals surface area contributed by atoms with Gasteiger partial charge in [0.2, 0.25) is 0 Å². The molecule has 0 saturated carbocycles. The van der Waals surface area contributed by atoms with Gasteiger partial charge in [-0.25, -0.2) is 4.39 Å². The topological polar surface area (TPSA) is 51.2 Å². The zero-order valence-electron chi connectivity index (χ0n) is 9.98. The van der Waals surface area contributed by atoms with Crippen molar-refractivity contribution in [3.8, 4) is 5.75 Å². The van der Waals surface area contributed by atoms with E-state index in [9.17, 15) is 9.18 Å². The van der Waals surface area contributed by atoms with Gasteiger partial charge in [0.15, 0.2) is 11.6 Å². The number of aromatic nitrogens is 1. The number of hydrogen-bond donors (Lipinski definition) is 1. The number of rotatable bonds is 3. The molecule has 0 atom stereocenters. The lowest BCUT2D eigenvalue weighted by molar-refractivity contribution is 0.102. The van der Waals surface area contributed by atoms with Crippen molar-refractivity contribution in [1.29, 1.82) is 0 Å². The van der Waals surface area contributed by atoms with Crippen LogP contribution < -0.4 is 10.1 Å². The third kappa shape index (κ3) is 3.00. The molecule has 2 rings (SSSR count). The molecule has 0 radical (unpaired) electrons. The Morgan fingerprint density at radius 2 is 2.21 bits per heavy atom. The maximum Gasteiger partial charge on any atom is 0.255 e. The lowest BCUT2D eigenvalue weighted by Gasteiger charge is -2.07. The first-order valence-corrected chi connectivity index (χ1v) is 5.74. The van der Waals surface area contributed by atoms with Gasteiger partial charge in [0.05, 0.1) is 24.0 Å². The molecule has 0 unspecified atom stereocenters. The number of methoxy groups -OCH3 is 1. The van der Waals surface area contributed by atoms with Crippen molar-refractivity contribution in [3.63, 3.8) is 0 Å². The Kier molecular flexibility index (Phi) is 3.97. The predicted octanol–water partition coefficient (Wildman–Crippen LogP) is 3.14. The number of nitrogens with one attached hydrogen (secondary N) is 1. The first-order chi connectivity index (χ1) is 9.11. The van der Waals surface area contributed by atoms with Crippen LogP contribution in [0.5, 0.6) is 5.75 Å². The van der Waals surface area contributed by atoms with Crippen LogP contribution in [0, 0.1) is 5.82 Å². The van der Waals surface area contributed by atoms with Crippen LogP contribution in [0.2, 0.25) is 5.02 Å². The maximum atomic E-state index is 13.5. The Bertz CT molecular complexity index is 619. The molecule has 19 heavy (non-hydrogen) atoms. The van der Waals surface area contributed by atoms with Gasteiger partial charge in [-0.05, 0) is 24.3 Å². The van der Waals surface area contributed by atoms with Gasteiger partial charge >= 0.3 is 0 Å². The molecule has 4 nitrogen and oxygen atoms in total. The summed E-state index contributed by atoms with van der Waals surface area (Å²) >= 11 is 5.89. The van der Waals surface area contributed by atoms with E-state index in [1.807, 2.05) is 0 Å². The van der Waals surface area contributed by atoms with Gasteiger partial charge in [-0.3, -0.25) is 9.78 Å². The first kappa shape index (κ1) is 13.3. The Labute approximate surface area is 114 Å². The minimum atomic E-state index is -0.604. The molecular formula is C13H10ClFN2O2. The monoisotopic (exact) mass is 280 g/mol. The SMILES string of the molecule is COc1ccc(C(=O)Nc2cnccc2Cl)cc1F. The number of amides is 1. The average molecular weight is 281 g/mol. The van der Waals surface area contributed by atoms with Crippen LogP contribution in [0.15, 0.2) is 36.7 Å². The van der Waals surface area contributed by atoms with Gasteiger partial charge in [-0.2, -0.15) is 0 Å². The Morgan fingerprint density at radius 1 is 1.42 bits per heavy atom. The fourth-order valence-electron chi connectivity index (χ4n) is 1.47. The van der Waals surface area contributed by atoms with Crippen LogP contribution in [-0.2, 0) is 0 Å². The molecule has 98 valence electrons. The summed E-state index contributed by atoms with van der Waals surface area (Å²) in [6, 6.07) is 5.49. The molecule has 1 aromatic heterocycles. The lowest BCUT2D eigenvalue weighted by atomic mass is 10.2. The molecule has 0 spiro atoms. The van der Waals surface area contributed by atoms with Crippen molar-refractivity contribution in [3.05, 3.63) is 53.1 Å². The van der Waals surface area contributed by atoms with Crippen LogP contribution in [0.3, 0.4) is 0 Å². The van der Waals surface area contributed by atoms with Gasteiger partial charge in [-0.15, -0.1) is 0 Å². The van der Waals surface area contributed by atoms with Crippen LogP contribution in [0.4, 0.5) is 10.1 Å². The van der Waals surface area contributed by atoms with Gasteiger partial charge < -0.3 is 10.1 Å². The molecule has 0 fully saturated rings. The van der Waals surface area contributed by atoms with E-state index in [1.54, 1.807) is 6.07 Å². The number of ether oxygens (including phenoxy) is 1. The van der Waals surface area contributed by atoms with Crippen molar-refractivity contribution < 1.29 is 13.9 Å². The highest BCUT2D eigenvalue weighted by Gasteiger charge is 2.11. The number of carbonyl (C=O) groups is 1. The molecule has 2 aromatic rings. The molecule has 0 aliphatic carbocycles. The third-order valence-electron chi connectivity index (χ3n) is 2.43. The number of benzene rings is 1. The first-order valence-electron chi connectivity index (χ1n) is 5.36. The Morgan fingerprint density at radius 3 is 2.84 bits per heavy atom. The molecule has 1 aromatic carbocycles. The fraction of sp³-hybridized carbons (Fsp3) is 0.0769. The summed E-state index contributed by atoms with van der Waals surface area (Å²) in [6.45, 7) is 0. The second-order valence-corrected chi connectivity index (χ2v) is 4.07.